The summed E-state index contributed by atoms with van der Waals surface area (Å²) in [4.78, 5) is 0. The number of allylic oxidation sites excluding steroid dienone is 2. The van der Waals surface area contributed by atoms with Crippen molar-refractivity contribution in [3.63, 3.8) is 0 Å². The SMILES string of the molecule is CC(C)[C@@H](CCO)CC[C@@H](C)[C@H]1CC[C@H]2C3=CCC4CCCC[C@]4(C)[C@H]3CC[C@]12C. The zero-order valence-corrected chi connectivity index (χ0v) is 20.8. The standard InChI is InChI=1S/C29H50O/c1-20(2)22(16-19-30)10-9-21(3)25-13-14-26-24-12-11-23-8-6-7-17-28(23,4)27(24)15-18-29(25,26)5/h12,20-23,25-27,30H,6-11,13-19H2,1-5H3/t21-,22-,23?,25-,26+,27+,28+,29-/m1/s1. The Balaban J connectivity index is 1.46. The molecule has 0 saturated heterocycles. The van der Waals surface area contributed by atoms with E-state index in [1.54, 1.807) is 0 Å². The average Bonchev–Trinajstić information content (AvgIpc) is 3.07. The van der Waals surface area contributed by atoms with Gasteiger partial charge in [0.1, 0.15) is 0 Å². The van der Waals surface area contributed by atoms with Crippen LogP contribution in [0.15, 0.2) is 11.6 Å². The minimum atomic E-state index is 0.357. The molecule has 1 N–H and O–H groups in total. The maximum atomic E-state index is 9.46. The summed E-state index contributed by atoms with van der Waals surface area (Å²) < 4.78 is 0. The van der Waals surface area contributed by atoms with Gasteiger partial charge in [0.2, 0.25) is 0 Å². The van der Waals surface area contributed by atoms with Gasteiger partial charge in [-0.2, -0.15) is 0 Å². The lowest BCUT2D eigenvalue weighted by atomic mass is 9.48. The number of aliphatic hydroxyl groups excluding tert-OH is 1. The van der Waals surface area contributed by atoms with Crippen molar-refractivity contribution in [3.8, 4) is 0 Å². The van der Waals surface area contributed by atoms with Crippen LogP contribution < -0.4 is 0 Å². The van der Waals surface area contributed by atoms with Crippen LogP contribution in [-0.4, -0.2) is 11.7 Å². The van der Waals surface area contributed by atoms with E-state index < -0.39 is 0 Å². The maximum absolute atomic E-state index is 9.46. The van der Waals surface area contributed by atoms with E-state index in [1.165, 1.54) is 70.6 Å². The lowest BCUT2D eigenvalue weighted by molar-refractivity contribution is -0.00838. The Hall–Kier alpha value is -0.300. The fourth-order valence-electron chi connectivity index (χ4n) is 9.18. The van der Waals surface area contributed by atoms with Gasteiger partial charge in [-0.1, -0.05) is 65.5 Å². The molecule has 4 aliphatic carbocycles. The molecular weight excluding hydrogens is 364 g/mol. The molecule has 0 amide bonds. The molecule has 0 radical (unpaired) electrons. The molecule has 1 nitrogen and oxygen atoms in total. The molecule has 30 heavy (non-hydrogen) atoms. The molecule has 0 heterocycles. The number of hydrogen-bond donors (Lipinski definition) is 1. The molecule has 3 saturated carbocycles. The summed E-state index contributed by atoms with van der Waals surface area (Å²) in [5.41, 5.74) is 3.09. The molecule has 0 aliphatic heterocycles. The molecule has 3 fully saturated rings. The van der Waals surface area contributed by atoms with E-state index in [0.29, 0.717) is 29.3 Å². The predicted octanol–water partition coefficient (Wildman–Crippen LogP) is 8.03. The Morgan fingerprint density at radius 1 is 0.900 bits per heavy atom. The van der Waals surface area contributed by atoms with Gasteiger partial charge in [0.05, 0.1) is 0 Å². The zero-order chi connectivity index (χ0) is 21.5. The van der Waals surface area contributed by atoms with Gasteiger partial charge >= 0.3 is 0 Å². The van der Waals surface area contributed by atoms with Crippen LogP contribution in [0.1, 0.15) is 112 Å². The van der Waals surface area contributed by atoms with Gasteiger partial charge in [-0.25, -0.2) is 0 Å². The van der Waals surface area contributed by atoms with E-state index in [-0.39, 0.29) is 0 Å². The Kier molecular flexibility index (Phi) is 6.80. The van der Waals surface area contributed by atoms with E-state index in [0.717, 1.165) is 36.0 Å². The van der Waals surface area contributed by atoms with Gasteiger partial charge in [-0.3, -0.25) is 0 Å². The van der Waals surface area contributed by atoms with Gasteiger partial charge in [0, 0.05) is 6.61 Å². The van der Waals surface area contributed by atoms with Crippen LogP contribution >= 0.6 is 0 Å². The van der Waals surface area contributed by atoms with Gasteiger partial charge in [0.25, 0.3) is 0 Å². The molecule has 4 aliphatic rings. The second-order valence-electron chi connectivity index (χ2n) is 12.8. The largest absolute Gasteiger partial charge is 0.396 e. The van der Waals surface area contributed by atoms with Crippen molar-refractivity contribution in [3.05, 3.63) is 11.6 Å². The number of fused-ring (bicyclic) bond motifs is 5. The van der Waals surface area contributed by atoms with Crippen LogP contribution in [0.2, 0.25) is 0 Å². The molecule has 0 aromatic rings. The second-order valence-corrected chi connectivity index (χ2v) is 12.8. The molecule has 1 unspecified atom stereocenters. The summed E-state index contributed by atoms with van der Waals surface area (Å²) in [6.45, 7) is 13.0. The normalized spacial score (nSPS) is 42.8. The van der Waals surface area contributed by atoms with Crippen LogP contribution in [0, 0.1) is 52.3 Å². The molecule has 0 aromatic heterocycles. The summed E-state index contributed by atoms with van der Waals surface area (Å²) in [7, 11) is 0. The van der Waals surface area contributed by atoms with Crippen molar-refractivity contribution in [2.45, 2.75) is 112 Å². The van der Waals surface area contributed by atoms with Crippen LogP contribution in [0.4, 0.5) is 0 Å². The summed E-state index contributed by atoms with van der Waals surface area (Å²) >= 11 is 0. The fourth-order valence-corrected chi connectivity index (χ4v) is 9.18. The molecule has 0 bridgehead atoms. The van der Waals surface area contributed by atoms with Gasteiger partial charge in [0.15, 0.2) is 0 Å². The van der Waals surface area contributed by atoms with Crippen LogP contribution in [0.3, 0.4) is 0 Å². The van der Waals surface area contributed by atoms with E-state index in [2.05, 4.69) is 40.7 Å². The Morgan fingerprint density at radius 2 is 1.67 bits per heavy atom. The first-order chi connectivity index (χ1) is 14.3. The maximum Gasteiger partial charge on any atom is 0.0433 e. The van der Waals surface area contributed by atoms with Crippen molar-refractivity contribution < 1.29 is 5.11 Å². The summed E-state index contributed by atoms with van der Waals surface area (Å²) in [6, 6.07) is 0. The lowest BCUT2D eigenvalue weighted by Gasteiger charge is -2.57. The van der Waals surface area contributed by atoms with Crippen LogP contribution in [-0.2, 0) is 0 Å². The van der Waals surface area contributed by atoms with Crippen molar-refractivity contribution in [2.24, 2.45) is 52.3 Å². The van der Waals surface area contributed by atoms with Gasteiger partial charge in [-0.05, 0) is 110 Å². The monoisotopic (exact) mass is 414 g/mol. The Morgan fingerprint density at radius 3 is 2.40 bits per heavy atom. The highest BCUT2D eigenvalue weighted by molar-refractivity contribution is 5.27. The lowest BCUT2D eigenvalue weighted by Crippen LogP contribution is -2.48. The minimum Gasteiger partial charge on any atom is -0.396 e. The highest BCUT2D eigenvalue weighted by Gasteiger charge is 2.57. The second kappa shape index (κ2) is 8.92. The van der Waals surface area contributed by atoms with Crippen LogP contribution in [0.5, 0.6) is 0 Å². The highest BCUT2D eigenvalue weighted by atomic mass is 16.3. The molecule has 0 spiro atoms. The van der Waals surface area contributed by atoms with Crippen molar-refractivity contribution >= 4 is 0 Å². The first kappa shape index (κ1) is 22.9. The summed E-state index contributed by atoms with van der Waals surface area (Å²) in [5.74, 6) is 5.88. The summed E-state index contributed by atoms with van der Waals surface area (Å²) in [5, 5.41) is 9.46. The Bertz CT molecular complexity index is 620. The smallest absolute Gasteiger partial charge is 0.0433 e. The number of aliphatic hydroxyl groups is 1. The topological polar surface area (TPSA) is 20.2 Å². The third kappa shape index (κ3) is 3.84. The summed E-state index contributed by atoms with van der Waals surface area (Å²) in [6.07, 6.45) is 19.6. The number of rotatable bonds is 7. The first-order valence-electron chi connectivity index (χ1n) is 13.6. The van der Waals surface area contributed by atoms with Crippen molar-refractivity contribution in [1.82, 2.24) is 0 Å². The number of hydrogen-bond acceptors (Lipinski definition) is 1. The van der Waals surface area contributed by atoms with E-state index in [1.807, 2.05) is 5.57 Å². The van der Waals surface area contributed by atoms with Crippen LogP contribution in [0.25, 0.3) is 0 Å². The quantitative estimate of drug-likeness (QED) is 0.418. The van der Waals surface area contributed by atoms with Gasteiger partial charge < -0.3 is 5.11 Å². The highest BCUT2D eigenvalue weighted by Crippen LogP contribution is 2.67. The first-order valence-corrected chi connectivity index (χ1v) is 13.6. The molecule has 172 valence electrons. The average molecular weight is 415 g/mol. The van der Waals surface area contributed by atoms with E-state index in [4.69, 9.17) is 0 Å². The third-order valence-corrected chi connectivity index (χ3v) is 11.2. The predicted molar refractivity (Wildman–Crippen MR) is 128 cm³/mol. The zero-order valence-electron chi connectivity index (χ0n) is 20.8. The van der Waals surface area contributed by atoms with Crippen molar-refractivity contribution in [1.29, 1.82) is 0 Å². The van der Waals surface area contributed by atoms with E-state index >= 15 is 0 Å². The molecule has 0 aromatic carbocycles. The molecular formula is C29H50O. The van der Waals surface area contributed by atoms with E-state index in [9.17, 15) is 5.11 Å². The third-order valence-electron chi connectivity index (χ3n) is 11.2. The van der Waals surface area contributed by atoms with Gasteiger partial charge in [-0.15, -0.1) is 0 Å². The molecule has 1 heteroatoms. The van der Waals surface area contributed by atoms with Crippen molar-refractivity contribution in [2.75, 3.05) is 6.61 Å². The minimum absolute atomic E-state index is 0.357. The molecule has 4 rings (SSSR count). The Labute approximate surface area is 187 Å². The fraction of sp³-hybridized carbons (Fsp3) is 0.931. The molecule has 8 atom stereocenters.